The summed E-state index contributed by atoms with van der Waals surface area (Å²) in [5.41, 5.74) is 12.4. The summed E-state index contributed by atoms with van der Waals surface area (Å²) >= 11 is 0. The first-order valence-electron chi connectivity index (χ1n) is 4.76. The first-order valence-corrected chi connectivity index (χ1v) is 4.76. The third-order valence-corrected chi connectivity index (χ3v) is 1.95. The van der Waals surface area contributed by atoms with Crippen LogP contribution in [0.15, 0.2) is 30.6 Å². The zero-order valence-corrected chi connectivity index (χ0v) is 8.79. The maximum Gasteiger partial charge on any atom is 0.258 e. The van der Waals surface area contributed by atoms with Crippen LogP contribution in [0.3, 0.4) is 0 Å². The predicted octanol–water partition coefficient (Wildman–Crippen LogP) is 0.288. The van der Waals surface area contributed by atoms with Crippen molar-refractivity contribution in [3.8, 4) is 0 Å². The van der Waals surface area contributed by atoms with Gasteiger partial charge in [-0.1, -0.05) is 0 Å². The van der Waals surface area contributed by atoms with E-state index in [-0.39, 0.29) is 5.95 Å². The second-order valence-corrected chi connectivity index (χ2v) is 3.31. The minimum Gasteiger partial charge on any atom is -0.399 e. The van der Waals surface area contributed by atoms with E-state index in [1.165, 1.54) is 24.5 Å². The number of nitrogens with one attached hydrogen (secondary N) is 1. The lowest BCUT2D eigenvalue weighted by Crippen LogP contribution is -2.15. The van der Waals surface area contributed by atoms with E-state index < -0.39 is 5.91 Å². The Kier molecular flexibility index (Phi) is 2.82. The molecule has 2 rings (SSSR count). The third kappa shape index (κ3) is 2.65. The number of nitrogen functional groups attached to an aromatic ring is 2. The largest absolute Gasteiger partial charge is 0.399 e. The average molecular weight is 230 g/mol. The first kappa shape index (κ1) is 10.8. The Labute approximate surface area is 96.9 Å². The molecule has 0 saturated carbocycles. The molecule has 0 unspecified atom stereocenters. The van der Waals surface area contributed by atoms with Gasteiger partial charge in [0, 0.05) is 16.9 Å². The van der Waals surface area contributed by atoms with E-state index in [4.69, 9.17) is 11.5 Å². The molecule has 1 aromatic heterocycles. The van der Waals surface area contributed by atoms with E-state index in [1.54, 1.807) is 6.07 Å². The number of hydrogen-bond acceptors (Lipinski definition) is 6. The van der Waals surface area contributed by atoms with Crippen molar-refractivity contribution in [2.24, 2.45) is 0 Å². The molecule has 0 aliphatic heterocycles. The Balaban J connectivity index is 2.20. The van der Waals surface area contributed by atoms with E-state index in [0.29, 0.717) is 16.9 Å². The topological polar surface area (TPSA) is 120 Å². The molecule has 0 atom stereocenters. The summed E-state index contributed by atoms with van der Waals surface area (Å²) in [5, 5.41) is 9.70. The predicted molar refractivity (Wildman–Crippen MR) is 63.0 cm³/mol. The standard InChI is InChI=1S/C10H10N6O/c11-7-3-6(4-8(12)5-7)9(17)15-10-13-1-2-14-16-10/h1-5H,11-12H2,(H,13,15,16,17). The van der Waals surface area contributed by atoms with Crippen LogP contribution in [0.5, 0.6) is 0 Å². The van der Waals surface area contributed by atoms with Gasteiger partial charge < -0.3 is 11.5 Å². The molecule has 2 aromatic rings. The van der Waals surface area contributed by atoms with Crippen molar-refractivity contribution in [1.82, 2.24) is 15.2 Å². The Morgan fingerprint density at radius 3 is 2.41 bits per heavy atom. The van der Waals surface area contributed by atoms with Gasteiger partial charge in [-0.2, -0.15) is 5.10 Å². The van der Waals surface area contributed by atoms with Gasteiger partial charge in [-0.3, -0.25) is 10.1 Å². The fourth-order valence-electron chi connectivity index (χ4n) is 1.29. The molecule has 7 nitrogen and oxygen atoms in total. The summed E-state index contributed by atoms with van der Waals surface area (Å²) in [7, 11) is 0. The van der Waals surface area contributed by atoms with Gasteiger partial charge in [-0.25, -0.2) is 4.98 Å². The lowest BCUT2D eigenvalue weighted by Gasteiger charge is -2.04. The Morgan fingerprint density at radius 2 is 1.82 bits per heavy atom. The van der Waals surface area contributed by atoms with E-state index in [1.807, 2.05) is 0 Å². The van der Waals surface area contributed by atoms with Crippen molar-refractivity contribution in [2.75, 3.05) is 16.8 Å². The van der Waals surface area contributed by atoms with Crippen molar-refractivity contribution >= 4 is 23.2 Å². The minimum absolute atomic E-state index is 0.124. The van der Waals surface area contributed by atoms with Crippen LogP contribution in [-0.2, 0) is 0 Å². The maximum absolute atomic E-state index is 11.8. The first-order chi connectivity index (χ1) is 8.15. The van der Waals surface area contributed by atoms with Crippen molar-refractivity contribution in [3.63, 3.8) is 0 Å². The molecular formula is C10H10N6O. The van der Waals surface area contributed by atoms with Gasteiger partial charge >= 0.3 is 0 Å². The van der Waals surface area contributed by atoms with E-state index in [9.17, 15) is 4.79 Å². The number of rotatable bonds is 2. The second kappa shape index (κ2) is 4.44. The van der Waals surface area contributed by atoms with Gasteiger partial charge in [0.2, 0.25) is 5.95 Å². The molecule has 0 aliphatic carbocycles. The van der Waals surface area contributed by atoms with Crippen molar-refractivity contribution < 1.29 is 4.79 Å². The smallest absolute Gasteiger partial charge is 0.258 e. The van der Waals surface area contributed by atoms with Crippen LogP contribution in [-0.4, -0.2) is 21.1 Å². The van der Waals surface area contributed by atoms with Crippen LogP contribution >= 0.6 is 0 Å². The fourth-order valence-corrected chi connectivity index (χ4v) is 1.29. The Hall–Kier alpha value is -2.70. The van der Waals surface area contributed by atoms with Gasteiger partial charge in [-0.15, -0.1) is 5.10 Å². The summed E-state index contributed by atoms with van der Waals surface area (Å²) in [4.78, 5) is 15.6. The highest BCUT2D eigenvalue weighted by molar-refractivity contribution is 6.04. The van der Waals surface area contributed by atoms with Gasteiger partial charge in [-0.05, 0) is 18.2 Å². The molecule has 0 saturated heterocycles. The van der Waals surface area contributed by atoms with Crippen LogP contribution in [0.1, 0.15) is 10.4 Å². The van der Waals surface area contributed by atoms with Crippen molar-refractivity contribution in [2.45, 2.75) is 0 Å². The molecule has 5 N–H and O–H groups in total. The number of benzene rings is 1. The average Bonchev–Trinajstić information content (AvgIpc) is 2.29. The number of aromatic nitrogens is 3. The van der Waals surface area contributed by atoms with E-state index in [0.717, 1.165) is 0 Å². The number of hydrogen-bond donors (Lipinski definition) is 3. The van der Waals surface area contributed by atoms with Crippen LogP contribution < -0.4 is 16.8 Å². The monoisotopic (exact) mass is 230 g/mol. The molecule has 7 heteroatoms. The molecule has 0 aliphatic rings. The molecular weight excluding hydrogens is 220 g/mol. The van der Waals surface area contributed by atoms with Gasteiger partial charge in [0.05, 0.1) is 12.4 Å². The number of carbonyl (C=O) groups excluding carboxylic acids is 1. The molecule has 0 fully saturated rings. The second-order valence-electron chi connectivity index (χ2n) is 3.31. The van der Waals surface area contributed by atoms with E-state index in [2.05, 4.69) is 20.5 Å². The van der Waals surface area contributed by atoms with Crippen LogP contribution in [0, 0.1) is 0 Å². The quantitative estimate of drug-likeness (QED) is 0.638. The third-order valence-electron chi connectivity index (χ3n) is 1.95. The zero-order chi connectivity index (χ0) is 12.3. The number of carbonyl (C=O) groups is 1. The zero-order valence-electron chi connectivity index (χ0n) is 8.79. The number of amides is 1. The van der Waals surface area contributed by atoms with Gasteiger partial charge in [0.15, 0.2) is 0 Å². The lowest BCUT2D eigenvalue weighted by molar-refractivity contribution is 0.102. The van der Waals surface area contributed by atoms with Crippen LogP contribution in [0.4, 0.5) is 17.3 Å². The number of nitrogens with two attached hydrogens (primary N) is 2. The van der Waals surface area contributed by atoms with Crippen molar-refractivity contribution in [3.05, 3.63) is 36.2 Å². The maximum atomic E-state index is 11.8. The Bertz CT molecular complexity index is 521. The molecule has 0 bridgehead atoms. The molecule has 17 heavy (non-hydrogen) atoms. The number of nitrogens with zero attached hydrogens (tertiary/aromatic N) is 3. The summed E-state index contributed by atoms with van der Waals surface area (Å²) in [6, 6.07) is 4.60. The SMILES string of the molecule is Nc1cc(N)cc(C(=O)Nc2nccnn2)c1. The number of anilines is 3. The molecule has 0 spiro atoms. The van der Waals surface area contributed by atoms with Gasteiger partial charge in [0.1, 0.15) is 0 Å². The molecule has 0 radical (unpaired) electrons. The summed E-state index contributed by atoms with van der Waals surface area (Å²) in [6.45, 7) is 0. The van der Waals surface area contributed by atoms with Gasteiger partial charge in [0.25, 0.3) is 5.91 Å². The van der Waals surface area contributed by atoms with E-state index >= 15 is 0 Å². The van der Waals surface area contributed by atoms with Crippen LogP contribution in [0.2, 0.25) is 0 Å². The highest BCUT2D eigenvalue weighted by Crippen LogP contribution is 2.14. The summed E-state index contributed by atoms with van der Waals surface area (Å²) in [5.74, 6) is -0.268. The molecule has 1 heterocycles. The Morgan fingerprint density at radius 1 is 1.12 bits per heavy atom. The van der Waals surface area contributed by atoms with Crippen molar-refractivity contribution in [1.29, 1.82) is 0 Å². The highest BCUT2D eigenvalue weighted by Gasteiger charge is 2.08. The summed E-state index contributed by atoms with van der Waals surface area (Å²) < 4.78 is 0. The molecule has 86 valence electrons. The fraction of sp³-hybridized carbons (Fsp3) is 0. The van der Waals surface area contributed by atoms with Crippen LogP contribution in [0.25, 0.3) is 0 Å². The normalized spacial score (nSPS) is 9.88. The molecule has 1 aromatic carbocycles. The lowest BCUT2D eigenvalue weighted by atomic mass is 10.1. The minimum atomic E-state index is -0.392. The summed E-state index contributed by atoms with van der Waals surface area (Å²) in [6.07, 6.45) is 2.84. The highest BCUT2D eigenvalue weighted by atomic mass is 16.1. The molecule has 1 amide bonds.